The van der Waals surface area contributed by atoms with E-state index in [1.54, 1.807) is 0 Å². The van der Waals surface area contributed by atoms with Crippen molar-refractivity contribution in [2.45, 2.75) is 6.18 Å². The van der Waals surface area contributed by atoms with Crippen LogP contribution >= 0.6 is 11.6 Å². The lowest BCUT2D eigenvalue weighted by Gasteiger charge is -2.16. The van der Waals surface area contributed by atoms with Gasteiger partial charge in [0, 0.05) is 17.7 Å². The molecule has 0 spiro atoms. The quantitative estimate of drug-likeness (QED) is 0.247. The minimum atomic E-state index is -4.63. The third kappa shape index (κ3) is 4.30. The summed E-state index contributed by atoms with van der Waals surface area (Å²) in [4.78, 5) is 35.4. The van der Waals surface area contributed by atoms with Crippen molar-refractivity contribution in [2.75, 3.05) is 5.01 Å². The van der Waals surface area contributed by atoms with Gasteiger partial charge in [0.15, 0.2) is 0 Å². The summed E-state index contributed by atoms with van der Waals surface area (Å²) in [5.74, 6) is -1.53. The van der Waals surface area contributed by atoms with Gasteiger partial charge in [-0.3, -0.25) is 25.1 Å². The number of nitro groups is 1. The highest BCUT2D eigenvalue weighted by Crippen LogP contribution is 2.34. The molecule has 1 aliphatic rings. The minimum absolute atomic E-state index is 0.0527. The Kier molecular flexibility index (Phi) is 5.42. The zero-order chi connectivity index (χ0) is 23.9. The van der Waals surface area contributed by atoms with Crippen molar-refractivity contribution in [3.8, 4) is 11.3 Å². The van der Waals surface area contributed by atoms with E-state index in [1.807, 2.05) is 0 Å². The van der Waals surface area contributed by atoms with E-state index in [0.717, 1.165) is 24.3 Å². The van der Waals surface area contributed by atoms with E-state index >= 15 is 0 Å². The van der Waals surface area contributed by atoms with Gasteiger partial charge in [-0.25, -0.2) is 5.01 Å². The van der Waals surface area contributed by atoms with Gasteiger partial charge in [0.2, 0.25) is 0 Å². The zero-order valence-electron chi connectivity index (χ0n) is 16.2. The number of carbonyl (C=O) groups is 2. The largest absolute Gasteiger partial charge is 0.457 e. The molecule has 168 valence electrons. The van der Waals surface area contributed by atoms with Gasteiger partial charge in [0.05, 0.1) is 21.2 Å². The molecule has 1 fully saturated rings. The maximum atomic E-state index is 13.0. The molecular formula is C21H11ClF3N3O5. The third-order valence-corrected chi connectivity index (χ3v) is 4.99. The number of benzene rings is 2. The number of alkyl halides is 3. The fourth-order valence-electron chi connectivity index (χ4n) is 3.09. The number of carbonyl (C=O) groups excluding carboxylic acids is 2. The summed E-state index contributed by atoms with van der Waals surface area (Å²) in [5.41, 5.74) is 0.688. The second-order valence-electron chi connectivity index (χ2n) is 6.81. The topological polar surface area (TPSA) is 106 Å². The van der Waals surface area contributed by atoms with Crippen molar-refractivity contribution < 1.29 is 32.1 Å². The lowest BCUT2D eigenvalue weighted by Crippen LogP contribution is -2.35. The fourth-order valence-corrected chi connectivity index (χ4v) is 3.30. The number of rotatable bonds is 4. The highest BCUT2D eigenvalue weighted by Gasteiger charge is 2.37. The maximum absolute atomic E-state index is 13.0. The molecule has 0 radical (unpaired) electrons. The zero-order valence-corrected chi connectivity index (χ0v) is 17.0. The minimum Gasteiger partial charge on any atom is -0.457 e. The summed E-state index contributed by atoms with van der Waals surface area (Å²) < 4.78 is 44.5. The molecule has 8 nitrogen and oxygen atoms in total. The summed E-state index contributed by atoms with van der Waals surface area (Å²) in [6.07, 6.45) is -3.51. The number of hydrogen-bond donors (Lipinski definition) is 1. The Morgan fingerprint density at radius 1 is 1.09 bits per heavy atom. The van der Waals surface area contributed by atoms with Gasteiger partial charge in [-0.2, -0.15) is 13.2 Å². The molecule has 1 aliphatic heterocycles. The third-order valence-electron chi connectivity index (χ3n) is 4.66. The SMILES string of the molecule is O=C1NN(c2cccc(C(F)(F)F)c2)C(=O)C1=Cc1ccc(-c2cc([N+](=O)[O-])ccc2Cl)o1. The molecule has 4 rings (SSSR count). The van der Waals surface area contributed by atoms with E-state index in [0.29, 0.717) is 5.01 Å². The first-order chi connectivity index (χ1) is 15.5. The van der Waals surface area contributed by atoms with E-state index < -0.39 is 28.5 Å². The lowest BCUT2D eigenvalue weighted by molar-refractivity contribution is -0.384. The molecule has 1 aromatic heterocycles. The first kappa shape index (κ1) is 22.1. The number of halogens is 4. The van der Waals surface area contributed by atoms with E-state index in [9.17, 15) is 32.9 Å². The summed E-state index contributed by atoms with van der Waals surface area (Å²) >= 11 is 6.09. The van der Waals surface area contributed by atoms with E-state index in [-0.39, 0.29) is 39.1 Å². The van der Waals surface area contributed by atoms with Crippen LogP contribution in [-0.2, 0) is 15.8 Å². The summed E-state index contributed by atoms with van der Waals surface area (Å²) in [5, 5.41) is 11.9. The van der Waals surface area contributed by atoms with Gasteiger partial charge in [0.25, 0.3) is 17.5 Å². The number of non-ortho nitro benzene ring substituents is 1. The predicted octanol–water partition coefficient (Wildman–Crippen LogP) is 4.99. The molecule has 12 heteroatoms. The summed E-state index contributed by atoms with van der Waals surface area (Å²) in [6.45, 7) is 0. The predicted molar refractivity (Wildman–Crippen MR) is 111 cm³/mol. The molecule has 2 heterocycles. The summed E-state index contributed by atoms with van der Waals surface area (Å²) in [6, 6.07) is 10.5. The van der Waals surface area contributed by atoms with Crippen molar-refractivity contribution in [2.24, 2.45) is 0 Å². The molecule has 0 saturated carbocycles. The van der Waals surface area contributed by atoms with Gasteiger partial charge in [-0.15, -0.1) is 0 Å². The molecule has 0 atom stereocenters. The van der Waals surface area contributed by atoms with Crippen LogP contribution in [0.4, 0.5) is 24.5 Å². The Hall–Kier alpha value is -4.12. The van der Waals surface area contributed by atoms with Crippen molar-refractivity contribution in [1.29, 1.82) is 0 Å². The fraction of sp³-hybridized carbons (Fsp3) is 0.0476. The Morgan fingerprint density at radius 2 is 1.85 bits per heavy atom. The number of amides is 2. The van der Waals surface area contributed by atoms with Gasteiger partial charge in [0.1, 0.15) is 17.1 Å². The number of hydrogen-bond acceptors (Lipinski definition) is 5. The number of furan rings is 1. The molecule has 2 aromatic carbocycles. The molecule has 1 N–H and O–H groups in total. The van der Waals surface area contributed by atoms with Crippen molar-refractivity contribution in [1.82, 2.24) is 5.43 Å². The average molecular weight is 478 g/mol. The van der Waals surface area contributed by atoms with Crippen LogP contribution in [0, 0.1) is 10.1 Å². The summed E-state index contributed by atoms with van der Waals surface area (Å²) in [7, 11) is 0. The highest BCUT2D eigenvalue weighted by atomic mass is 35.5. The van der Waals surface area contributed by atoms with Crippen molar-refractivity contribution in [3.05, 3.63) is 86.6 Å². The Morgan fingerprint density at radius 3 is 2.55 bits per heavy atom. The van der Waals surface area contributed by atoms with Crippen LogP contribution in [0.1, 0.15) is 11.3 Å². The highest BCUT2D eigenvalue weighted by molar-refractivity contribution is 6.33. The molecular weight excluding hydrogens is 467 g/mol. The van der Waals surface area contributed by atoms with Gasteiger partial charge >= 0.3 is 6.18 Å². The van der Waals surface area contributed by atoms with E-state index in [1.165, 1.54) is 36.4 Å². The second kappa shape index (κ2) is 8.10. The Balaban J connectivity index is 1.63. The lowest BCUT2D eigenvalue weighted by atomic mass is 10.1. The molecule has 33 heavy (non-hydrogen) atoms. The van der Waals surface area contributed by atoms with Crippen LogP contribution in [0.5, 0.6) is 0 Å². The smallest absolute Gasteiger partial charge is 0.416 e. The molecule has 0 unspecified atom stereocenters. The van der Waals surface area contributed by atoms with E-state index in [4.69, 9.17) is 16.0 Å². The molecule has 0 aliphatic carbocycles. The van der Waals surface area contributed by atoms with Crippen LogP contribution < -0.4 is 10.4 Å². The van der Waals surface area contributed by atoms with Crippen molar-refractivity contribution in [3.63, 3.8) is 0 Å². The van der Waals surface area contributed by atoms with Crippen molar-refractivity contribution >= 4 is 40.9 Å². The van der Waals surface area contributed by atoms with Crippen LogP contribution in [0.25, 0.3) is 17.4 Å². The normalized spacial score (nSPS) is 15.3. The molecule has 1 saturated heterocycles. The van der Waals surface area contributed by atoms with Crippen LogP contribution in [-0.4, -0.2) is 16.7 Å². The maximum Gasteiger partial charge on any atom is 0.416 e. The Bertz CT molecular complexity index is 1330. The number of anilines is 1. The van der Waals surface area contributed by atoms with Gasteiger partial charge < -0.3 is 4.42 Å². The number of nitrogens with one attached hydrogen (secondary N) is 1. The Labute approximate surface area is 188 Å². The first-order valence-corrected chi connectivity index (χ1v) is 9.51. The average Bonchev–Trinajstić information content (AvgIpc) is 3.33. The molecule has 0 bridgehead atoms. The monoisotopic (exact) mass is 477 g/mol. The number of hydrazine groups is 1. The van der Waals surface area contributed by atoms with E-state index in [2.05, 4.69) is 5.43 Å². The van der Waals surface area contributed by atoms with Crippen LogP contribution in [0.2, 0.25) is 5.02 Å². The van der Waals surface area contributed by atoms with Gasteiger partial charge in [-0.1, -0.05) is 17.7 Å². The second-order valence-corrected chi connectivity index (χ2v) is 7.22. The number of nitro benzene ring substituents is 1. The first-order valence-electron chi connectivity index (χ1n) is 9.13. The van der Waals surface area contributed by atoms with Crippen LogP contribution in [0.3, 0.4) is 0 Å². The molecule has 2 amide bonds. The molecule has 3 aromatic rings. The van der Waals surface area contributed by atoms with Crippen LogP contribution in [0.15, 0.2) is 64.6 Å². The standard InChI is InChI=1S/C21H11ClF3N3O5/c22-17-6-4-13(28(31)32)9-15(17)18-7-5-14(33-18)10-16-19(29)26-27(20(16)30)12-3-1-2-11(8-12)21(23,24)25/h1-10H,(H,26,29). The number of nitrogens with zero attached hydrogens (tertiary/aromatic N) is 2. The van der Waals surface area contributed by atoms with Gasteiger partial charge in [-0.05, 0) is 42.5 Å².